The predicted molar refractivity (Wildman–Crippen MR) is 113 cm³/mol. The highest BCUT2D eigenvalue weighted by atomic mass is 32.1. The Bertz CT molecular complexity index is 1130. The second kappa shape index (κ2) is 8.38. The predicted octanol–water partition coefficient (Wildman–Crippen LogP) is 4.49. The first-order valence-corrected chi connectivity index (χ1v) is 10.6. The van der Waals surface area contributed by atoms with Crippen LogP contribution in [0.2, 0.25) is 0 Å². The molecule has 0 aliphatic rings. The Morgan fingerprint density at radius 2 is 1.93 bits per heavy atom. The summed E-state index contributed by atoms with van der Waals surface area (Å²) in [6.45, 7) is 2.05. The van der Waals surface area contributed by atoms with Crippen molar-refractivity contribution in [2.75, 3.05) is 11.9 Å². The molecule has 4 rings (SSSR count). The van der Waals surface area contributed by atoms with Gasteiger partial charge in [0.2, 0.25) is 0 Å². The summed E-state index contributed by atoms with van der Waals surface area (Å²) in [5.41, 5.74) is 3.04. The van der Waals surface area contributed by atoms with E-state index in [-0.39, 0.29) is 11.6 Å². The summed E-state index contributed by atoms with van der Waals surface area (Å²) < 4.78 is 6.52. The van der Waals surface area contributed by atoms with Crippen LogP contribution in [0.15, 0.2) is 58.7 Å². The van der Waals surface area contributed by atoms with Crippen LogP contribution in [-0.2, 0) is 4.74 Å². The quantitative estimate of drug-likeness (QED) is 0.461. The number of nitrogens with one attached hydrogen (secondary N) is 1. The molecule has 9 heteroatoms. The highest BCUT2D eigenvalue weighted by Gasteiger charge is 2.13. The molecule has 3 heterocycles. The number of thiophene rings is 1. The van der Waals surface area contributed by atoms with Gasteiger partial charge in [0.05, 0.1) is 12.3 Å². The molecular weight excluding hydrogens is 408 g/mol. The number of nitrogens with zero attached hydrogens (tertiary/aromatic N) is 3. The van der Waals surface area contributed by atoms with Gasteiger partial charge in [-0.2, -0.15) is 16.4 Å². The Labute approximate surface area is 174 Å². The standard InChI is InChI=1S/C20H16N4O3S2/c1-2-27-20(26)16-7-9-24(23-16)15-5-3-14(4-6-15)21-18(25)17-12-29-19(22-17)13-8-10-28-11-13/h3-12H,2H2,1H3,(H,21,25). The molecule has 29 heavy (non-hydrogen) atoms. The molecule has 0 bridgehead atoms. The molecule has 1 N–H and O–H groups in total. The van der Waals surface area contributed by atoms with Crippen molar-refractivity contribution < 1.29 is 14.3 Å². The molecule has 1 amide bonds. The lowest BCUT2D eigenvalue weighted by atomic mass is 10.2. The van der Waals surface area contributed by atoms with E-state index in [0.29, 0.717) is 18.0 Å². The normalized spacial score (nSPS) is 10.7. The van der Waals surface area contributed by atoms with Gasteiger partial charge in [-0.1, -0.05) is 0 Å². The number of rotatable bonds is 6. The topological polar surface area (TPSA) is 86.1 Å². The number of hydrogen-bond acceptors (Lipinski definition) is 7. The summed E-state index contributed by atoms with van der Waals surface area (Å²) in [5, 5.41) is 13.6. The Morgan fingerprint density at radius 1 is 1.10 bits per heavy atom. The number of aromatic nitrogens is 3. The Morgan fingerprint density at radius 3 is 2.66 bits per heavy atom. The first-order valence-electron chi connectivity index (χ1n) is 8.76. The molecule has 0 unspecified atom stereocenters. The van der Waals surface area contributed by atoms with Gasteiger partial charge in [0, 0.05) is 28.2 Å². The monoisotopic (exact) mass is 424 g/mol. The highest BCUT2D eigenvalue weighted by Crippen LogP contribution is 2.26. The Kier molecular flexibility index (Phi) is 5.50. The summed E-state index contributed by atoms with van der Waals surface area (Å²) in [6, 6.07) is 10.7. The zero-order chi connectivity index (χ0) is 20.2. The van der Waals surface area contributed by atoms with Crippen LogP contribution in [0.4, 0.5) is 5.69 Å². The second-order valence-corrected chi connectivity index (χ2v) is 7.56. The van der Waals surface area contributed by atoms with E-state index in [0.717, 1.165) is 16.3 Å². The van der Waals surface area contributed by atoms with Crippen LogP contribution < -0.4 is 5.32 Å². The second-order valence-electron chi connectivity index (χ2n) is 5.92. The number of ether oxygens (including phenoxy) is 1. The molecule has 3 aromatic heterocycles. The molecule has 0 aliphatic heterocycles. The van der Waals surface area contributed by atoms with Crippen molar-refractivity contribution in [3.63, 3.8) is 0 Å². The van der Waals surface area contributed by atoms with Crippen molar-refractivity contribution in [1.29, 1.82) is 0 Å². The lowest BCUT2D eigenvalue weighted by molar-refractivity contribution is 0.0519. The van der Waals surface area contributed by atoms with Crippen LogP contribution in [0.1, 0.15) is 27.9 Å². The van der Waals surface area contributed by atoms with Crippen LogP contribution in [0.5, 0.6) is 0 Å². The molecule has 0 saturated heterocycles. The van der Waals surface area contributed by atoms with Gasteiger partial charge in [0.1, 0.15) is 10.7 Å². The minimum Gasteiger partial charge on any atom is -0.461 e. The van der Waals surface area contributed by atoms with E-state index < -0.39 is 5.97 Å². The largest absolute Gasteiger partial charge is 0.461 e. The maximum Gasteiger partial charge on any atom is 0.358 e. The third-order valence-electron chi connectivity index (χ3n) is 3.97. The average Bonchev–Trinajstić information content (AvgIpc) is 3.49. The summed E-state index contributed by atoms with van der Waals surface area (Å²) >= 11 is 3.03. The van der Waals surface area contributed by atoms with Gasteiger partial charge >= 0.3 is 5.97 Å². The first-order chi connectivity index (χ1) is 14.1. The van der Waals surface area contributed by atoms with E-state index in [4.69, 9.17) is 4.74 Å². The fourth-order valence-corrected chi connectivity index (χ4v) is 4.08. The third kappa shape index (κ3) is 4.25. The molecule has 0 aliphatic carbocycles. The fourth-order valence-electron chi connectivity index (χ4n) is 2.57. The van der Waals surface area contributed by atoms with Crippen LogP contribution in [0.25, 0.3) is 16.3 Å². The summed E-state index contributed by atoms with van der Waals surface area (Å²) in [6.07, 6.45) is 1.68. The number of anilines is 1. The lowest BCUT2D eigenvalue weighted by Gasteiger charge is -2.05. The number of hydrogen-bond donors (Lipinski definition) is 1. The highest BCUT2D eigenvalue weighted by molar-refractivity contribution is 7.14. The van der Waals surface area contributed by atoms with Crippen LogP contribution in [-0.4, -0.2) is 33.2 Å². The number of carbonyl (C=O) groups is 2. The van der Waals surface area contributed by atoms with Crippen molar-refractivity contribution in [2.24, 2.45) is 0 Å². The zero-order valence-corrected chi connectivity index (χ0v) is 17.0. The molecular formula is C20H16N4O3S2. The van der Waals surface area contributed by atoms with Crippen molar-refractivity contribution in [3.05, 3.63) is 70.1 Å². The number of esters is 1. The van der Waals surface area contributed by atoms with E-state index in [1.165, 1.54) is 11.3 Å². The van der Waals surface area contributed by atoms with Crippen molar-refractivity contribution in [1.82, 2.24) is 14.8 Å². The van der Waals surface area contributed by atoms with Gasteiger partial charge in [-0.25, -0.2) is 14.5 Å². The molecule has 0 fully saturated rings. The fraction of sp³-hybridized carbons (Fsp3) is 0.100. The molecule has 0 saturated carbocycles. The summed E-state index contributed by atoms with van der Waals surface area (Å²) in [5.74, 6) is -0.723. The minimum atomic E-state index is -0.458. The van der Waals surface area contributed by atoms with Gasteiger partial charge in [-0.15, -0.1) is 11.3 Å². The summed E-state index contributed by atoms with van der Waals surface area (Å²) in [4.78, 5) is 28.6. The first kappa shape index (κ1) is 19.0. The maximum absolute atomic E-state index is 12.5. The average molecular weight is 425 g/mol. The SMILES string of the molecule is CCOC(=O)c1ccn(-c2ccc(NC(=O)c3csc(-c4ccsc4)n3)cc2)n1. The molecule has 0 spiro atoms. The van der Waals surface area contributed by atoms with Crippen LogP contribution in [0.3, 0.4) is 0 Å². The van der Waals surface area contributed by atoms with E-state index in [2.05, 4.69) is 15.4 Å². The molecule has 0 atom stereocenters. The van der Waals surface area contributed by atoms with E-state index in [9.17, 15) is 9.59 Å². The van der Waals surface area contributed by atoms with E-state index in [1.807, 2.05) is 16.8 Å². The van der Waals surface area contributed by atoms with Gasteiger partial charge < -0.3 is 10.1 Å². The van der Waals surface area contributed by atoms with Crippen molar-refractivity contribution in [2.45, 2.75) is 6.92 Å². The van der Waals surface area contributed by atoms with Crippen LogP contribution >= 0.6 is 22.7 Å². The smallest absolute Gasteiger partial charge is 0.358 e. The molecule has 4 aromatic rings. The molecule has 0 radical (unpaired) electrons. The van der Waals surface area contributed by atoms with Gasteiger partial charge in [-0.3, -0.25) is 4.79 Å². The van der Waals surface area contributed by atoms with Gasteiger partial charge in [-0.05, 0) is 48.7 Å². The number of benzene rings is 1. The maximum atomic E-state index is 12.5. The van der Waals surface area contributed by atoms with Crippen molar-refractivity contribution in [3.8, 4) is 16.3 Å². The lowest BCUT2D eigenvalue weighted by Crippen LogP contribution is -2.12. The number of thiazole rings is 1. The third-order valence-corrected chi connectivity index (χ3v) is 5.54. The Balaban J connectivity index is 1.43. The molecule has 146 valence electrons. The Hall–Kier alpha value is -3.30. The minimum absolute atomic E-state index is 0.245. The molecule has 1 aromatic carbocycles. The van der Waals surface area contributed by atoms with Crippen LogP contribution in [0, 0.1) is 0 Å². The molecule has 7 nitrogen and oxygen atoms in total. The van der Waals surface area contributed by atoms with Gasteiger partial charge in [0.15, 0.2) is 5.69 Å². The number of amides is 1. The van der Waals surface area contributed by atoms with E-state index >= 15 is 0 Å². The zero-order valence-electron chi connectivity index (χ0n) is 15.4. The van der Waals surface area contributed by atoms with E-state index in [1.54, 1.807) is 64.9 Å². The van der Waals surface area contributed by atoms with Gasteiger partial charge in [0.25, 0.3) is 5.91 Å². The van der Waals surface area contributed by atoms with Crippen molar-refractivity contribution >= 4 is 40.2 Å². The summed E-state index contributed by atoms with van der Waals surface area (Å²) in [7, 11) is 0. The number of carbonyl (C=O) groups excluding carboxylic acids is 2.